The number of carbonyl (C=O) groups is 1. The Morgan fingerprint density at radius 1 is 1.04 bits per heavy atom. The van der Waals surface area contributed by atoms with Gasteiger partial charge >= 0.3 is 18.4 Å². The Balaban J connectivity index is 2.31. The van der Waals surface area contributed by atoms with Crippen molar-refractivity contribution in [2.75, 3.05) is 12.4 Å². The Morgan fingerprint density at radius 2 is 1.71 bits per heavy atom. The summed E-state index contributed by atoms with van der Waals surface area (Å²) in [4.78, 5) is 16.8. The summed E-state index contributed by atoms with van der Waals surface area (Å²) in [6, 6.07) is 8.46. The number of nitrogens with one attached hydrogen (secondary N) is 3. The number of anilines is 1. The zero-order valence-electron chi connectivity index (χ0n) is 27.2. The van der Waals surface area contributed by atoms with Crippen molar-refractivity contribution in [1.29, 1.82) is 5.41 Å². The van der Waals surface area contributed by atoms with Crippen LogP contribution >= 0.6 is 0 Å². The number of rotatable bonds is 14. The lowest BCUT2D eigenvalue weighted by atomic mass is 9.96. The van der Waals surface area contributed by atoms with Gasteiger partial charge < -0.3 is 19.2 Å². The fourth-order valence-electron chi connectivity index (χ4n) is 4.46. The monoisotopic (exact) mass is 694 g/mol. The van der Waals surface area contributed by atoms with Gasteiger partial charge in [-0.3, -0.25) is 10.7 Å². The molecule has 2 heterocycles. The molecule has 2 aromatic heterocycles. The topological polar surface area (TPSA) is 135 Å². The first-order chi connectivity index (χ1) is 22.9. The Kier molecular flexibility index (Phi) is 12.2. The maximum Gasteiger partial charge on any atom is 0.426 e. The molecule has 3 N–H and O–H groups in total. The van der Waals surface area contributed by atoms with Crippen LogP contribution in [0.2, 0.25) is 0 Å². The number of hydrogen-bond acceptors (Lipinski definition) is 9. The van der Waals surface area contributed by atoms with E-state index in [0.29, 0.717) is 11.6 Å². The van der Waals surface area contributed by atoms with E-state index in [1.807, 2.05) is 0 Å². The fourth-order valence-corrected chi connectivity index (χ4v) is 4.46. The molecule has 0 aliphatic carbocycles. The molecule has 1 unspecified atom stereocenters. The smallest absolute Gasteiger partial charge is 0.426 e. The molecule has 1 amide bonds. The molecule has 1 aromatic carbocycles. The second-order valence-corrected chi connectivity index (χ2v) is 11.6. The molecule has 0 saturated heterocycles. The van der Waals surface area contributed by atoms with Crippen LogP contribution in [0.4, 0.5) is 36.8 Å². The number of pyridine rings is 1. The van der Waals surface area contributed by atoms with Crippen LogP contribution in [-0.2, 0) is 27.9 Å². The van der Waals surface area contributed by atoms with E-state index in [-0.39, 0.29) is 18.4 Å². The van der Waals surface area contributed by atoms with Crippen LogP contribution in [0.3, 0.4) is 0 Å². The number of aromatic nitrogens is 3. The van der Waals surface area contributed by atoms with Gasteiger partial charge in [-0.15, -0.1) is 23.4 Å². The van der Waals surface area contributed by atoms with Gasteiger partial charge in [0.15, 0.2) is 5.69 Å². The molecule has 10 nitrogen and oxygen atoms in total. The second kappa shape index (κ2) is 15.5. The molecule has 0 fully saturated rings. The third-order valence-corrected chi connectivity index (χ3v) is 6.66. The summed E-state index contributed by atoms with van der Waals surface area (Å²) in [6.07, 6.45) is -8.60. The quantitative estimate of drug-likeness (QED) is 0.0869. The molecule has 0 aliphatic heterocycles. The van der Waals surface area contributed by atoms with E-state index < -0.39 is 82.8 Å². The molecule has 49 heavy (non-hydrogen) atoms. The highest BCUT2D eigenvalue weighted by atomic mass is 19.4. The Hall–Kier alpha value is -4.99. The molecule has 264 valence electrons. The van der Waals surface area contributed by atoms with Gasteiger partial charge in [0.2, 0.25) is 5.60 Å². The average molecular weight is 695 g/mol. The number of hydrogen-bond donors (Lipinski definition) is 3. The third kappa shape index (κ3) is 9.55. The number of ether oxygens (including phenoxy) is 2. The summed E-state index contributed by atoms with van der Waals surface area (Å²) in [6.45, 7) is 11.0. The maximum atomic E-state index is 14.9. The highest BCUT2D eigenvalue weighted by Crippen LogP contribution is 2.47. The molecule has 0 spiro atoms. The van der Waals surface area contributed by atoms with E-state index in [1.54, 1.807) is 30.3 Å². The van der Waals surface area contributed by atoms with Gasteiger partial charge in [-0.1, -0.05) is 42.5 Å². The van der Waals surface area contributed by atoms with Crippen LogP contribution in [0.5, 0.6) is 0 Å². The zero-order chi connectivity index (χ0) is 36.6. The number of halogens is 6. The number of nitrogens with zero attached hydrogens (tertiary/aromatic N) is 3. The highest BCUT2D eigenvalue weighted by molar-refractivity contribution is 6.11. The van der Waals surface area contributed by atoms with Crippen LogP contribution in [0.15, 0.2) is 77.9 Å². The van der Waals surface area contributed by atoms with Gasteiger partial charge in [0.1, 0.15) is 11.3 Å². The largest absolute Gasteiger partial charge is 0.444 e. The lowest BCUT2D eigenvalue weighted by Crippen LogP contribution is -2.45. The minimum absolute atomic E-state index is 0.0374. The molecule has 16 heteroatoms. The van der Waals surface area contributed by atoms with Crippen LogP contribution in [-0.4, -0.2) is 45.8 Å². The van der Waals surface area contributed by atoms with Gasteiger partial charge in [0, 0.05) is 13.2 Å². The lowest BCUT2D eigenvalue weighted by molar-refractivity contribution is -0.299. The summed E-state index contributed by atoms with van der Waals surface area (Å²) in [7, 11) is 1.47. The summed E-state index contributed by atoms with van der Waals surface area (Å²) >= 11 is 0. The van der Waals surface area contributed by atoms with Gasteiger partial charge in [0.25, 0.3) is 11.8 Å². The van der Waals surface area contributed by atoms with Gasteiger partial charge in [-0.25, -0.2) is 9.78 Å². The minimum Gasteiger partial charge on any atom is -0.444 e. The van der Waals surface area contributed by atoms with Crippen molar-refractivity contribution in [2.24, 2.45) is 0 Å². The zero-order valence-corrected chi connectivity index (χ0v) is 27.2. The minimum atomic E-state index is -5.13. The number of alkyl halides is 6. The number of allylic oxidation sites excluding steroid dienone is 3. The van der Waals surface area contributed by atoms with Crippen molar-refractivity contribution in [1.82, 2.24) is 20.5 Å². The molecule has 0 saturated carbocycles. The molecule has 1 atom stereocenters. The Morgan fingerprint density at radius 3 is 2.27 bits per heavy atom. The molecule has 0 aliphatic rings. The molecular formula is C33H36F6N6O4. The number of carbonyl (C=O) groups excluding carboxylic acids is 1. The van der Waals surface area contributed by atoms with E-state index in [4.69, 9.17) is 19.3 Å². The average Bonchev–Trinajstić information content (AvgIpc) is 3.49. The van der Waals surface area contributed by atoms with Crippen molar-refractivity contribution in [3.05, 3.63) is 96.2 Å². The van der Waals surface area contributed by atoms with Gasteiger partial charge in [0.05, 0.1) is 23.6 Å². The van der Waals surface area contributed by atoms with E-state index >= 15 is 0 Å². The first-order valence-electron chi connectivity index (χ1n) is 14.8. The van der Waals surface area contributed by atoms with Crippen molar-refractivity contribution in [2.45, 2.75) is 70.2 Å². The Bertz CT molecular complexity index is 1680. The summed E-state index contributed by atoms with van der Waals surface area (Å²) in [5.74, 6) is -1.88. The third-order valence-electron chi connectivity index (χ3n) is 6.66. The van der Waals surface area contributed by atoms with Crippen LogP contribution in [0, 0.1) is 5.41 Å². The van der Waals surface area contributed by atoms with Crippen LogP contribution in [0.25, 0.3) is 11.6 Å². The first-order valence-corrected chi connectivity index (χ1v) is 14.8. The predicted octanol–water partition coefficient (Wildman–Crippen LogP) is 8.49. The Labute approximate surface area is 278 Å². The standard InChI is InChI=1S/C33H36F6N6O4/c1-7-9-16-31(33(37,38)39,47-19-20-14-11-10-12-15-20)28-45-44-27(48-28)26-23(42-29(46)49-30(3,4)5)17-22(32(34,35)36)25(43-26)24(40)21(13-8-2)18-41-6/h7-8,10-12,14-15,17-18,40-41H,1-2,9,13,16,19H2,3-6H3,(H,42,46)/b21-18-,40-24?. The highest BCUT2D eigenvalue weighted by Gasteiger charge is 2.61. The number of benzene rings is 1. The maximum absolute atomic E-state index is 14.9. The fraction of sp³-hybridized carbons (Fsp3) is 0.364. The molecule has 0 radical (unpaired) electrons. The SMILES string of the molecule is C=CCCC(OCc1ccccc1)(c1nnc(-c2nc(C(=N)/C(=C\NC)CC=C)c(C(F)(F)F)cc2NC(=O)OC(C)(C)C)o1)C(F)(F)F. The first kappa shape index (κ1) is 38.5. The van der Waals surface area contributed by atoms with Crippen molar-refractivity contribution in [3.63, 3.8) is 0 Å². The van der Waals surface area contributed by atoms with E-state index in [1.165, 1.54) is 46.2 Å². The van der Waals surface area contributed by atoms with Gasteiger partial charge in [-0.05, 0) is 57.2 Å². The van der Waals surface area contributed by atoms with Crippen molar-refractivity contribution >= 4 is 17.5 Å². The molecule has 3 aromatic rings. The lowest BCUT2D eigenvalue weighted by Gasteiger charge is -2.32. The second-order valence-electron chi connectivity index (χ2n) is 11.6. The molecule has 3 rings (SSSR count). The van der Waals surface area contributed by atoms with E-state index in [9.17, 15) is 31.1 Å². The summed E-state index contributed by atoms with van der Waals surface area (Å²) in [5, 5.41) is 20.8. The summed E-state index contributed by atoms with van der Waals surface area (Å²) in [5.41, 5.74) is -8.27. The van der Waals surface area contributed by atoms with Crippen molar-refractivity contribution in [3.8, 4) is 11.6 Å². The van der Waals surface area contributed by atoms with Crippen molar-refractivity contribution < 1.29 is 45.0 Å². The predicted molar refractivity (Wildman–Crippen MR) is 170 cm³/mol. The van der Waals surface area contributed by atoms with Crippen LogP contribution in [0.1, 0.15) is 62.7 Å². The van der Waals surface area contributed by atoms with E-state index in [0.717, 1.165) is 0 Å². The normalized spacial score (nSPS) is 13.7. The van der Waals surface area contributed by atoms with Crippen LogP contribution < -0.4 is 10.6 Å². The van der Waals surface area contributed by atoms with E-state index in [2.05, 4.69) is 39.0 Å². The molecule has 0 bridgehead atoms. The number of amides is 1. The van der Waals surface area contributed by atoms with Gasteiger partial charge in [-0.2, -0.15) is 26.3 Å². The summed E-state index contributed by atoms with van der Waals surface area (Å²) < 4.78 is 104. The molecular weight excluding hydrogens is 658 g/mol.